The first kappa shape index (κ1) is 19.2. The number of hydrogen-bond donors (Lipinski definition) is 2. The number of likely N-dealkylation sites (tertiary alicyclic amines) is 1. The van der Waals surface area contributed by atoms with Gasteiger partial charge < -0.3 is 9.32 Å². The summed E-state index contributed by atoms with van der Waals surface area (Å²) in [5, 5.41) is 0. The molecule has 1 aromatic carbocycles. The number of carbonyl (C=O) groups is 1. The molecule has 2 N–H and O–H groups in total. The molecule has 3 heterocycles. The Bertz CT molecular complexity index is 791. The van der Waals surface area contributed by atoms with Crippen LogP contribution in [0, 0.1) is 6.92 Å². The molecule has 1 amide bonds. The molecular formula is C22H30N4O2. The number of nitrogens with zero attached hydrogens (tertiary/aromatic N) is 2. The van der Waals surface area contributed by atoms with Gasteiger partial charge in [0.2, 0.25) is 5.91 Å². The van der Waals surface area contributed by atoms with Crippen LogP contribution in [0.3, 0.4) is 0 Å². The molecule has 3 unspecified atom stereocenters. The first-order valence-corrected chi connectivity index (χ1v) is 10.2. The summed E-state index contributed by atoms with van der Waals surface area (Å²) in [7, 11) is 2.16. The van der Waals surface area contributed by atoms with Crippen LogP contribution in [0.1, 0.15) is 42.4 Å². The molecular weight excluding hydrogens is 352 g/mol. The lowest BCUT2D eigenvalue weighted by atomic mass is 10.0. The maximum atomic E-state index is 13.1. The summed E-state index contributed by atoms with van der Waals surface area (Å²) < 4.78 is 5.71. The van der Waals surface area contributed by atoms with Gasteiger partial charge >= 0.3 is 0 Å². The number of hydrazine groups is 1. The summed E-state index contributed by atoms with van der Waals surface area (Å²) >= 11 is 0. The number of amides is 1. The maximum absolute atomic E-state index is 13.1. The van der Waals surface area contributed by atoms with Crippen molar-refractivity contribution in [3.05, 3.63) is 59.5 Å². The van der Waals surface area contributed by atoms with Gasteiger partial charge in [-0.3, -0.25) is 9.69 Å². The molecule has 150 valence electrons. The molecule has 0 saturated carbocycles. The van der Waals surface area contributed by atoms with Gasteiger partial charge in [-0.2, -0.15) is 0 Å². The van der Waals surface area contributed by atoms with Gasteiger partial charge in [0.25, 0.3) is 0 Å². The van der Waals surface area contributed by atoms with E-state index in [1.54, 1.807) is 0 Å². The average Bonchev–Trinajstić information content (AvgIpc) is 3.37. The van der Waals surface area contributed by atoms with Crippen molar-refractivity contribution in [2.75, 3.05) is 20.1 Å². The van der Waals surface area contributed by atoms with E-state index in [0.717, 1.165) is 44.0 Å². The molecule has 2 aliphatic rings. The Balaban J connectivity index is 1.33. The van der Waals surface area contributed by atoms with Gasteiger partial charge in [-0.15, -0.1) is 0 Å². The smallest absolute Gasteiger partial charge is 0.241 e. The third-order valence-electron chi connectivity index (χ3n) is 5.91. The van der Waals surface area contributed by atoms with E-state index in [4.69, 9.17) is 4.42 Å². The fourth-order valence-corrected chi connectivity index (χ4v) is 4.28. The number of nitrogens with one attached hydrogen (secondary N) is 2. The van der Waals surface area contributed by atoms with Gasteiger partial charge in [-0.05, 0) is 50.9 Å². The lowest BCUT2D eigenvalue weighted by Crippen LogP contribution is -2.53. The Morgan fingerprint density at radius 1 is 1.21 bits per heavy atom. The second-order valence-corrected chi connectivity index (χ2v) is 8.06. The fraction of sp³-hybridized carbons (Fsp3) is 0.500. The molecule has 28 heavy (non-hydrogen) atoms. The zero-order valence-electron chi connectivity index (χ0n) is 16.7. The Labute approximate surface area is 166 Å². The fourth-order valence-electron chi connectivity index (χ4n) is 4.28. The number of carbonyl (C=O) groups excluding carboxylic acids is 1. The van der Waals surface area contributed by atoms with Gasteiger partial charge in [0.05, 0.1) is 6.04 Å². The quantitative estimate of drug-likeness (QED) is 0.832. The maximum Gasteiger partial charge on any atom is 0.241 e. The number of furan rings is 1. The van der Waals surface area contributed by atoms with Crippen LogP contribution >= 0.6 is 0 Å². The number of likely N-dealkylation sites (N-methyl/N-ethyl adjacent to an activating group) is 1. The van der Waals surface area contributed by atoms with Crippen LogP contribution in [-0.4, -0.2) is 47.9 Å². The van der Waals surface area contributed by atoms with Crippen LogP contribution in [0.15, 0.2) is 46.9 Å². The molecule has 6 heteroatoms. The lowest BCUT2D eigenvalue weighted by molar-refractivity contribution is -0.135. The number of aryl methyl sites for hydroxylation is 1. The molecule has 0 bridgehead atoms. The molecule has 1 aromatic heterocycles. The van der Waals surface area contributed by atoms with Crippen molar-refractivity contribution in [2.24, 2.45) is 0 Å². The van der Waals surface area contributed by atoms with Gasteiger partial charge in [0, 0.05) is 25.7 Å². The minimum Gasteiger partial charge on any atom is -0.465 e. The molecule has 2 aliphatic heterocycles. The van der Waals surface area contributed by atoms with Crippen LogP contribution in [0.2, 0.25) is 0 Å². The number of benzene rings is 1. The third-order valence-corrected chi connectivity index (χ3v) is 5.91. The first-order chi connectivity index (χ1) is 13.6. The number of piperidine rings is 1. The predicted octanol–water partition coefficient (Wildman–Crippen LogP) is 2.62. The summed E-state index contributed by atoms with van der Waals surface area (Å²) in [6.45, 7) is 4.49. The van der Waals surface area contributed by atoms with Crippen LogP contribution in [-0.2, 0) is 11.3 Å². The van der Waals surface area contributed by atoms with Crippen molar-refractivity contribution in [1.29, 1.82) is 0 Å². The zero-order chi connectivity index (χ0) is 19.5. The Morgan fingerprint density at radius 2 is 2.04 bits per heavy atom. The van der Waals surface area contributed by atoms with Crippen molar-refractivity contribution < 1.29 is 9.21 Å². The van der Waals surface area contributed by atoms with E-state index < -0.39 is 0 Å². The standard InChI is InChI=1S/C22H30N4O2/c1-16-10-11-21(28-16)19-13-20(24-23-19)22(27)26-12-6-9-18(15-26)25(2)14-17-7-4-3-5-8-17/h3-5,7-8,10-11,18-20,23-24H,6,9,12-15H2,1-2H3. The average molecular weight is 383 g/mol. The zero-order valence-corrected chi connectivity index (χ0v) is 16.7. The van der Waals surface area contributed by atoms with E-state index in [0.29, 0.717) is 12.5 Å². The highest BCUT2D eigenvalue weighted by Crippen LogP contribution is 2.26. The Kier molecular flexibility index (Phi) is 5.80. The molecule has 3 atom stereocenters. The van der Waals surface area contributed by atoms with Crippen LogP contribution in [0.5, 0.6) is 0 Å². The summed E-state index contributed by atoms with van der Waals surface area (Å²) in [6, 6.07) is 14.7. The molecule has 4 rings (SSSR count). The minimum atomic E-state index is -0.200. The summed E-state index contributed by atoms with van der Waals surface area (Å²) in [5.41, 5.74) is 7.71. The topological polar surface area (TPSA) is 60.8 Å². The second-order valence-electron chi connectivity index (χ2n) is 8.06. The molecule has 2 aromatic rings. The van der Waals surface area contributed by atoms with Crippen LogP contribution < -0.4 is 10.9 Å². The number of rotatable bonds is 5. The molecule has 2 saturated heterocycles. The lowest BCUT2D eigenvalue weighted by Gasteiger charge is -2.38. The van der Waals surface area contributed by atoms with Crippen molar-refractivity contribution >= 4 is 5.91 Å². The van der Waals surface area contributed by atoms with Crippen molar-refractivity contribution in [3.63, 3.8) is 0 Å². The highest BCUT2D eigenvalue weighted by atomic mass is 16.3. The van der Waals surface area contributed by atoms with E-state index in [1.807, 2.05) is 30.0 Å². The summed E-state index contributed by atoms with van der Waals surface area (Å²) in [4.78, 5) is 17.5. The van der Waals surface area contributed by atoms with Gasteiger partial charge in [0.15, 0.2) is 0 Å². The molecule has 2 fully saturated rings. The monoisotopic (exact) mass is 382 g/mol. The molecule has 6 nitrogen and oxygen atoms in total. The van der Waals surface area contributed by atoms with E-state index in [9.17, 15) is 4.79 Å². The third kappa shape index (κ3) is 4.29. The predicted molar refractivity (Wildman–Crippen MR) is 108 cm³/mol. The van der Waals surface area contributed by atoms with Crippen molar-refractivity contribution in [2.45, 2.75) is 50.9 Å². The highest BCUT2D eigenvalue weighted by molar-refractivity contribution is 5.82. The number of hydrogen-bond acceptors (Lipinski definition) is 5. The molecule has 0 radical (unpaired) electrons. The summed E-state index contributed by atoms with van der Waals surface area (Å²) in [6.07, 6.45) is 2.90. The minimum absolute atomic E-state index is 0.0454. The summed E-state index contributed by atoms with van der Waals surface area (Å²) in [5.74, 6) is 1.97. The Hall–Kier alpha value is -2.15. The van der Waals surface area contributed by atoms with Gasteiger partial charge in [-0.25, -0.2) is 10.9 Å². The molecule has 0 aliphatic carbocycles. The second kappa shape index (κ2) is 8.47. The van der Waals surface area contributed by atoms with E-state index in [2.05, 4.69) is 47.1 Å². The SMILES string of the molecule is Cc1ccc(C2CC(C(=O)N3CCCC(N(C)Cc4ccccc4)C3)NN2)o1. The van der Waals surface area contributed by atoms with Gasteiger partial charge in [-0.1, -0.05) is 30.3 Å². The Morgan fingerprint density at radius 3 is 2.79 bits per heavy atom. The van der Waals surface area contributed by atoms with Crippen LogP contribution in [0.4, 0.5) is 0 Å². The van der Waals surface area contributed by atoms with Crippen molar-refractivity contribution in [1.82, 2.24) is 20.7 Å². The largest absolute Gasteiger partial charge is 0.465 e. The van der Waals surface area contributed by atoms with Crippen molar-refractivity contribution in [3.8, 4) is 0 Å². The van der Waals surface area contributed by atoms with E-state index in [-0.39, 0.29) is 18.0 Å². The van der Waals surface area contributed by atoms with E-state index >= 15 is 0 Å². The first-order valence-electron chi connectivity index (χ1n) is 10.2. The highest BCUT2D eigenvalue weighted by Gasteiger charge is 2.36. The van der Waals surface area contributed by atoms with Gasteiger partial charge in [0.1, 0.15) is 17.6 Å². The van der Waals surface area contributed by atoms with E-state index in [1.165, 1.54) is 5.56 Å². The normalized spacial score (nSPS) is 25.4. The van der Waals surface area contributed by atoms with Crippen LogP contribution in [0.25, 0.3) is 0 Å². The molecule has 0 spiro atoms.